The maximum Gasteiger partial charge on any atom is 0.280 e. The van der Waals surface area contributed by atoms with Crippen molar-refractivity contribution < 1.29 is 4.79 Å². The summed E-state index contributed by atoms with van der Waals surface area (Å²) < 4.78 is 0. The zero-order chi connectivity index (χ0) is 17.2. The zero-order valence-corrected chi connectivity index (χ0v) is 13.7. The molecule has 3 aromatic rings. The first kappa shape index (κ1) is 15.2. The van der Waals surface area contributed by atoms with E-state index in [0.717, 1.165) is 22.1 Å². The molecule has 0 spiro atoms. The molecule has 0 saturated carbocycles. The summed E-state index contributed by atoms with van der Waals surface area (Å²) in [5.41, 5.74) is 2.09. The number of amides is 1. The molecular formula is C20H16N4O. The van der Waals surface area contributed by atoms with Gasteiger partial charge in [0.25, 0.3) is 5.91 Å². The van der Waals surface area contributed by atoms with Crippen LogP contribution in [0.15, 0.2) is 88.1 Å². The fraction of sp³-hybridized carbons (Fsp3) is 0.100. The molecule has 0 bridgehead atoms. The number of azo groups is 1. The standard InChI is InChI=1S/C20H16N4O/c1-14-19(20(25)24(23-14)18-9-3-2-4-10-18)22-21-17-12-11-15-7-5-6-8-16(15)13-17/h2-13,19H,1H3/t19-/m0/s1. The van der Waals surface area contributed by atoms with Crippen LogP contribution in [0.3, 0.4) is 0 Å². The van der Waals surface area contributed by atoms with Crippen LogP contribution in [0.5, 0.6) is 0 Å². The van der Waals surface area contributed by atoms with Gasteiger partial charge in [0.2, 0.25) is 0 Å². The number of nitrogens with zero attached hydrogens (tertiary/aromatic N) is 4. The number of carbonyl (C=O) groups excluding carboxylic acids is 1. The van der Waals surface area contributed by atoms with E-state index >= 15 is 0 Å². The fourth-order valence-corrected chi connectivity index (χ4v) is 2.81. The minimum absolute atomic E-state index is 0.187. The number of carbonyl (C=O) groups is 1. The third kappa shape index (κ3) is 2.92. The zero-order valence-electron chi connectivity index (χ0n) is 13.7. The van der Waals surface area contributed by atoms with Gasteiger partial charge < -0.3 is 0 Å². The van der Waals surface area contributed by atoms with E-state index in [-0.39, 0.29) is 5.91 Å². The quantitative estimate of drug-likeness (QED) is 0.642. The van der Waals surface area contributed by atoms with Crippen molar-refractivity contribution in [2.75, 3.05) is 5.01 Å². The van der Waals surface area contributed by atoms with Gasteiger partial charge in [0, 0.05) is 0 Å². The molecule has 0 unspecified atom stereocenters. The molecule has 25 heavy (non-hydrogen) atoms. The summed E-state index contributed by atoms with van der Waals surface area (Å²) in [6.07, 6.45) is 0. The molecule has 0 saturated heterocycles. The molecule has 4 rings (SSSR count). The van der Waals surface area contributed by atoms with Crippen LogP contribution in [0.1, 0.15) is 6.92 Å². The minimum Gasteiger partial charge on any atom is -0.269 e. The third-order valence-corrected chi connectivity index (χ3v) is 4.12. The first-order valence-corrected chi connectivity index (χ1v) is 8.06. The summed E-state index contributed by atoms with van der Waals surface area (Å²) in [6.45, 7) is 1.80. The van der Waals surface area contributed by atoms with E-state index in [1.807, 2.05) is 72.8 Å². The van der Waals surface area contributed by atoms with Crippen molar-refractivity contribution in [1.82, 2.24) is 0 Å². The number of hydrogen-bond acceptors (Lipinski definition) is 4. The van der Waals surface area contributed by atoms with Crippen LogP contribution in [-0.2, 0) is 4.79 Å². The van der Waals surface area contributed by atoms with Gasteiger partial charge in [0.15, 0.2) is 6.04 Å². The minimum atomic E-state index is -0.674. The number of anilines is 1. The lowest BCUT2D eigenvalue weighted by Crippen LogP contribution is -2.29. The van der Waals surface area contributed by atoms with E-state index in [9.17, 15) is 4.79 Å². The highest BCUT2D eigenvalue weighted by Crippen LogP contribution is 2.25. The summed E-state index contributed by atoms with van der Waals surface area (Å²) in [4.78, 5) is 12.6. The lowest BCUT2D eigenvalue weighted by Gasteiger charge is -2.11. The SMILES string of the molecule is CC1=NN(c2ccccc2)C(=O)[C@H]1N=Nc1ccc2ccccc2c1. The number of fused-ring (bicyclic) bond motifs is 1. The second kappa shape index (κ2) is 6.28. The van der Waals surface area contributed by atoms with Crippen molar-refractivity contribution in [2.45, 2.75) is 13.0 Å². The molecule has 0 radical (unpaired) electrons. The summed E-state index contributed by atoms with van der Waals surface area (Å²) in [7, 11) is 0. The second-order valence-corrected chi connectivity index (χ2v) is 5.88. The summed E-state index contributed by atoms with van der Waals surface area (Å²) in [6, 6.07) is 22.6. The van der Waals surface area contributed by atoms with Crippen LogP contribution < -0.4 is 5.01 Å². The normalized spacial score (nSPS) is 17.5. The highest BCUT2D eigenvalue weighted by atomic mass is 16.2. The van der Waals surface area contributed by atoms with Crippen LogP contribution >= 0.6 is 0 Å². The molecule has 0 fully saturated rings. The van der Waals surface area contributed by atoms with Crippen molar-refractivity contribution in [2.24, 2.45) is 15.3 Å². The first-order chi connectivity index (χ1) is 12.2. The molecule has 1 aliphatic heterocycles. The Kier molecular flexibility index (Phi) is 3.82. The number of para-hydroxylation sites is 1. The van der Waals surface area contributed by atoms with Crippen LogP contribution in [-0.4, -0.2) is 17.7 Å². The van der Waals surface area contributed by atoms with Gasteiger partial charge in [0.1, 0.15) is 0 Å². The molecule has 1 heterocycles. The second-order valence-electron chi connectivity index (χ2n) is 5.88. The largest absolute Gasteiger partial charge is 0.280 e. The van der Waals surface area contributed by atoms with Crippen LogP contribution in [0, 0.1) is 0 Å². The molecular weight excluding hydrogens is 312 g/mol. The van der Waals surface area contributed by atoms with Crippen molar-refractivity contribution >= 4 is 33.8 Å². The monoisotopic (exact) mass is 328 g/mol. The van der Waals surface area contributed by atoms with E-state index in [1.54, 1.807) is 6.92 Å². The molecule has 0 N–H and O–H groups in total. The lowest BCUT2D eigenvalue weighted by molar-refractivity contribution is -0.117. The smallest absolute Gasteiger partial charge is 0.269 e. The fourth-order valence-electron chi connectivity index (χ4n) is 2.81. The van der Waals surface area contributed by atoms with E-state index in [2.05, 4.69) is 15.3 Å². The molecule has 3 aromatic carbocycles. The van der Waals surface area contributed by atoms with E-state index in [0.29, 0.717) is 5.71 Å². The topological polar surface area (TPSA) is 57.4 Å². The van der Waals surface area contributed by atoms with E-state index in [4.69, 9.17) is 0 Å². The highest BCUT2D eigenvalue weighted by molar-refractivity contribution is 6.18. The molecule has 0 aliphatic carbocycles. The van der Waals surface area contributed by atoms with Gasteiger partial charge in [-0.3, -0.25) is 4.79 Å². The molecule has 5 heteroatoms. The number of benzene rings is 3. The van der Waals surface area contributed by atoms with Gasteiger partial charge in [-0.1, -0.05) is 48.5 Å². The Balaban J connectivity index is 1.58. The molecule has 0 aromatic heterocycles. The average molecular weight is 328 g/mol. The van der Waals surface area contributed by atoms with Crippen LogP contribution in [0.2, 0.25) is 0 Å². The van der Waals surface area contributed by atoms with Crippen molar-refractivity contribution in [3.8, 4) is 0 Å². The Morgan fingerprint density at radius 3 is 2.44 bits per heavy atom. The van der Waals surface area contributed by atoms with Gasteiger partial charge in [0.05, 0.1) is 17.1 Å². The van der Waals surface area contributed by atoms with Crippen LogP contribution in [0.4, 0.5) is 11.4 Å². The van der Waals surface area contributed by atoms with Crippen molar-refractivity contribution in [1.29, 1.82) is 0 Å². The Bertz CT molecular complexity index is 995. The predicted octanol–water partition coefficient (Wildman–Crippen LogP) is 4.71. The number of hydrazone groups is 1. The maximum atomic E-state index is 12.6. The summed E-state index contributed by atoms with van der Waals surface area (Å²) in [5, 5.41) is 16.5. The molecule has 5 nitrogen and oxygen atoms in total. The van der Waals surface area contributed by atoms with Crippen LogP contribution in [0.25, 0.3) is 10.8 Å². The van der Waals surface area contributed by atoms with Gasteiger partial charge in [-0.05, 0) is 42.0 Å². The Morgan fingerprint density at radius 1 is 0.920 bits per heavy atom. The first-order valence-electron chi connectivity index (χ1n) is 8.06. The number of rotatable bonds is 3. The van der Waals surface area contributed by atoms with Gasteiger partial charge in [-0.2, -0.15) is 20.3 Å². The van der Waals surface area contributed by atoms with Gasteiger partial charge >= 0.3 is 0 Å². The highest BCUT2D eigenvalue weighted by Gasteiger charge is 2.34. The summed E-state index contributed by atoms with van der Waals surface area (Å²) >= 11 is 0. The molecule has 1 amide bonds. The predicted molar refractivity (Wildman–Crippen MR) is 99.3 cm³/mol. The van der Waals surface area contributed by atoms with Gasteiger partial charge in [-0.25, -0.2) is 0 Å². The van der Waals surface area contributed by atoms with Crippen molar-refractivity contribution in [3.05, 3.63) is 72.8 Å². The molecule has 122 valence electrons. The van der Waals surface area contributed by atoms with Crippen molar-refractivity contribution in [3.63, 3.8) is 0 Å². The summed E-state index contributed by atoms with van der Waals surface area (Å²) in [5.74, 6) is -0.187. The average Bonchev–Trinajstić information content (AvgIpc) is 2.94. The molecule has 1 atom stereocenters. The maximum absolute atomic E-state index is 12.6. The molecule has 1 aliphatic rings. The Labute approximate surface area is 145 Å². The lowest BCUT2D eigenvalue weighted by atomic mass is 10.1. The number of hydrogen-bond donors (Lipinski definition) is 0. The third-order valence-electron chi connectivity index (χ3n) is 4.12. The Morgan fingerprint density at radius 2 is 1.64 bits per heavy atom. The Hall–Kier alpha value is -3.34. The van der Waals surface area contributed by atoms with Gasteiger partial charge in [-0.15, -0.1) is 0 Å². The van der Waals surface area contributed by atoms with E-state index in [1.165, 1.54) is 5.01 Å². The van der Waals surface area contributed by atoms with E-state index < -0.39 is 6.04 Å².